The van der Waals surface area contributed by atoms with Crippen LogP contribution in [0.3, 0.4) is 0 Å². The molecule has 3 aromatic rings. The molecule has 0 bridgehead atoms. The van der Waals surface area contributed by atoms with Gasteiger partial charge in [-0.2, -0.15) is 0 Å². The maximum atomic E-state index is 12.7. The largest absolute Gasteiger partial charge is 0.497 e. The van der Waals surface area contributed by atoms with Crippen molar-refractivity contribution in [2.24, 2.45) is 0 Å². The number of imide groups is 1. The van der Waals surface area contributed by atoms with Gasteiger partial charge in [0.2, 0.25) is 0 Å². The van der Waals surface area contributed by atoms with Gasteiger partial charge in [-0.05, 0) is 48.0 Å². The van der Waals surface area contributed by atoms with Gasteiger partial charge in [-0.3, -0.25) is 19.3 Å². The lowest BCUT2D eigenvalue weighted by Gasteiger charge is -2.11. The number of rotatable bonds is 8. The molecule has 9 heteroatoms. The van der Waals surface area contributed by atoms with Crippen molar-refractivity contribution in [3.63, 3.8) is 0 Å². The number of fused-ring (bicyclic) bond motifs is 1. The number of carbonyl (C=O) groups excluding carboxylic acids is 4. The van der Waals surface area contributed by atoms with Gasteiger partial charge in [-0.1, -0.05) is 12.1 Å². The van der Waals surface area contributed by atoms with Gasteiger partial charge in [0.05, 0.1) is 36.6 Å². The highest BCUT2D eigenvalue weighted by atomic mass is 16.5. The van der Waals surface area contributed by atoms with Gasteiger partial charge in [-0.25, -0.2) is 4.79 Å². The van der Waals surface area contributed by atoms with E-state index in [2.05, 4.69) is 5.32 Å². The molecule has 4 rings (SSSR count). The maximum absolute atomic E-state index is 12.7. The van der Waals surface area contributed by atoms with Crippen molar-refractivity contribution in [3.05, 3.63) is 88.9 Å². The first-order chi connectivity index (χ1) is 16.0. The molecule has 0 aliphatic carbocycles. The van der Waals surface area contributed by atoms with Crippen LogP contribution in [0, 0.1) is 0 Å². The number of ether oxygens (including phenoxy) is 2. The molecule has 1 aliphatic heterocycles. The third-order valence-corrected chi connectivity index (χ3v) is 5.08. The van der Waals surface area contributed by atoms with Gasteiger partial charge in [0.15, 0.2) is 6.61 Å². The Morgan fingerprint density at radius 2 is 1.76 bits per heavy atom. The Balaban J connectivity index is 1.33. The molecular weight excluding hydrogens is 428 g/mol. The number of carbonyl (C=O) groups is 4. The summed E-state index contributed by atoms with van der Waals surface area (Å²) in [6.07, 6.45) is 1.45. The second kappa shape index (κ2) is 9.39. The Bertz CT molecular complexity index is 1200. The highest BCUT2D eigenvalue weighted by molar-refractivity contribution is 6.21. The highest BCUT2D eigenvalue weighted by Gasteiger charge is 2.36. The lowest BCUT2D eigenvalue weighted by molar-refractivity contribution is -0.124. The predicted molar refractivity (Wildman–Crippen MR) is 114 cm³/mol. The molecule has 33 heavy (non-hydrogen) atoms. The van der Waals surface area contributed by atoms with E-state index in [9.17, 15) is 19.2 Å². The molecule has 0 atom stereocenters. The third kappa shape index (κ3) is 4.77. The quantitative estimate of drug-likeness (QED) is 0.416. The minimum atomic E-state index is -0.776. The Labute approximate surface area is 188 Å². The van der Waals surface area contributed by atoms with E-state index in [4.69, 9.17) is 13.9 Å². The topological polar surface area (TPSA) is 115 Å². The molecule has 3 amide bonds. The van der Waals surface area contributed by atoms with Gasteiger partial charge < -0.3 is 19.2 Å². The van der Waals surface area contributed by atoms with Gasteiger partial charge in [-0.15, -0.1) is 0 Å². The van der Waals surface area contributed by atoms with Crippen LogP contribution in [0.15, 0.2) is 65.3 Å². The minimum absolute atomic E-state index is 0.00646. The molecule has 0 fully saturated rings. The molecule has 0 saturated carbocycles. The van der Waals surface area contributed by atoms with Crippen LogP contribution in [0.1, 0.15) is 42.4 Å². The maximum Gasteiger partial charge on any atom is 0.338 e. The fraction of sp³-hybridized carbons (Fsp3) is 0.167. The van der Waals surface area contributed by atoms with Crippen LogP contribution in [0.25, 0.3) is 0 Å². The zero-order chi connectivity index (χ0) is 23.4. The number of hydrogen-bond donors (Lipinski definition) is 1. The average molecular weight is 448 g/mol. The van der Waals surface area contributed by atoms with E-state index in [0.717, 1.165) is 10.5 Å². The van der Waals surface area contributed by atoms with Crippen molar-refractivity contribution in [2.75, 3.05) is 13.7 Å². The van der Waals surface area contributed by atoms with Crippen molar-refractivity contribution in [1.82, 2.24) is 10.2 Å². The molecule has 2 aromatic carbocycles. The summed E-state index contributed by atoms with van der Waals surface area (Å²) in [4.78, 5) is 50.7. The molecule has 168 valence electrons. The summed E-state index contributed by atoms with van der Waals surface area (Å²) in [5, 5.41) is 2.65. The van der Waals surface area contributed by atoms with Crippen LogP contribution in [-0.2, 0) is 22.6 Å². The van der Waals surface area contributed by atoms with E-state index in [1.165, 1.54) is 24.5 Å². The number of amides is 3. The van der Waals surface area contributed by atoms with E-state index in [0.29, 0.717) is 11.5 Å². The number of furan rings is 1. The molecule has 0 unspecified atom stereocenters. The summed E-state index contributed by atoms with van der Waals surface area (Å²) in [7, 11) is 1.57. The fourth-order valence-corrected chi connectivity index (χ4v) is 3.33. The summed E-state index contributed by atoms with van der Waals surface area (Å²) < 4.78 is 15.3. The average Bonchev–Trinajstić information content (AvgIpc) is 3.44. The summed E-state index contributed by atoms with van der Waals surface area (Å²) in [5.41, 5.74) is 1.22. The zero-order valence-electron chi connectivity index (χ0n) is 17.7. The molecule has 0 spiro atoms. The molecule has 1 aliphatic rings. The molecule has 1 aromatic heterocycles. The van der Waals surface area contributed by atoms with Gasteiger partial charge >= 0.3 is 5.97 Å². The van der Waals surface area contributed by atoms with Crippen molar-refractivity contribution >= 4 is 23.7 Å². The molecular formula is C24H20N2O7. The summed E-state index contributed by atoms with van der Waals surface area (Å²) >= 11 is 0. The Kier molecular flexibility index (Phi) is 6.21. The van der Waals surface area contributed by atoms with E-state index >= 15 is 0 Å². The lowest BCUT2D eigenvalue weighted by atomic mass is 10.1. The third-order valence-electron chi connectivity index (χ3n) is 5.08. The number of nitrogens with one attached hydrogen (secondary N) is 1. The SMILES string of the molecule is COc1ccc(CNC(=O)COC(=O)c2ccc3c(c2)C(=O)N(Cc2ccco2)C3=O)cc1. The molecule has 2 heterocycles. The number of esters is 1. The van der Waals surface area contributed by atoms with Crippen molar-refractivity contribution in [1.29, 1.82) is 0 Å². The van der Waals surface area contributed by atoms with E-state index in [1.807, 2.05) is 12.1 Å². The fourth-order valence-electron chi connectivity index (χ4n) is 3.33. The predicted octanol–water partition coefficient (Wildman–Crippen LogP) is 2.56. The van der Waals surface area contributed by atoms with E-state index in [1.54, 1.807) is 31.4 Å². The molecule has 9 nitrogen and oxygen atoms in total. The van der Waals surface area contributed by atoms with Crippen LogP contribution in [0.5, 0.6) is 5.75 Å². The second-order valence-electron chi connectivity index (χ2n) is 7.24. The number of methoxy groups -OCH3 is 1. The Hall–Kier alpha value is -4.40. The first kappa shape index (κ1) is 21.8. The summed E-state index contributed by atoms with van der Waals surface area (Å²) in [6.45, 7) is -0.224. The summed E-state index contributed by atoms with van der Waals surface area (Å²) in [6, 6.07) is 14.6. The number of benzene rings is 2. The monoisotopic (exact) mass is 448 g/mol. The lowest BCUT2D eigenvalue weighted by Crippen LogP contribution is -2.29. The van der Waals surface area contributed by atoms with Crippen molar-refractivity contribution < 1.29 is 33.1 Å². The van der Waals surface area contributed by atoms with Crippen LogP contribution >= 0.6 is 0 Å². The standard InChI is InChI=1S/C24H20N2O7/c1-31-17-7-4-15(5-8-17)12-25-21(27)14-33-24(30)16-6-9-19-20(11-16)23(29)26(22(19)28)13-18-3-2-10-32-18/h2-11H,12-14H2,1H3,(H,25,27). The zero-order valence-corrected chi connectivity index (χ0v) is 17.7. The molecule has 0 saturated heterocycles. The van der Waals surface area contributed by atoms with Gasteiger partial charge in [0.25, 0.3) is 17.7 Å². The van der Waals surface area contributed by atoms with Crippen molar-refractivity contribution in [3.8, 4) is 5.75 Å². The smallest absolute Gasteiger partial charge is 0.338 e. The molecule has 0 radical (unpaired) electrons. The molecule has 1 N–H and O–H groups in total. The second-order valence-corrected chi connectivity index (χ2v) is 7.24. The van der Waals surface area contributed by atoms with Gasteiger partial charge in [0.1, 0.15) is 11.5 Å². The Morgan fingerprint density at radius 1 is 1.00 bits per heavy atom. The van der Waals surface area contributed by atoms with Crippen LogP contribution in [0.4, 0.5) is 0 Å². The first-order valence-electron chi connectivity index (χ1n) is 10.1. The Morgan fingerprint density at radius 3 is 2.45 bits per heavy atom. The van der Waals surface area contributed by atoms with Crippen LogP contribution in [-0.4, -0.2) is 42.3 Å². The highest BCUT2D eigenvalue weighted by Crippen LogP contribution is 2.26. The van der Waals surface area contributed by atoms with Crippen LogP contribution < -0.4 is 10.1 Å². The van der Waals surface area contributed by atoms with Crippen LogP contribution in [0.2, 0.25) is 0 Å². The minimum Gasteiger partial charge on any atom is -0.497 e. The van der Waals surface area contributed by atoms with Crippen molar-refractivity contribution in [2.45, 2.75) is 13.1 Å². The first-order valence-corrected chi connectivity index (χ1v) is 10.1. The van der Waals surface area contributed by atoms with E-state index < -0.39 is 30.3 Å². The number of hydrogen-bond acceptors (Lipinski definition) is 7. The number of nitrogens with zero attached hydrogens (tertiary/aromatic N) is 1. The summed E-state index contributed by atoms with van der Waals surface area (Å²) in [5.74, 6) is -1.08. The van der Waals surface area contributed by atoms with Gasteiger partial charge in [0, 0.05) is 6.54 Å². The van der Waals surface area contributed by atoms with E-state index in [-0.39, 0.29) is 29.8 Å². The normalized spacial score (nSPS) is 12.5.